The summed E-state index contributed by atoms with van der Waals surface area (Å²) in [6.45, 7) is 1.73. The van der Waals surface area contributed by atoms with E-state index in [4.69, 9.17) is 4.74 Å². The van der Waals surface area contributed by atoms with Crippen LogP contribution in [0, 0.1) is 12.7 Å². The zero-order valence-corrected chi connectivity index (χ0v) is 17.1. The fourth-order valence-corrected chi connectivity index (χ4v) is 4.52. The van der Waals surface area contributed by atoms with Gasteiger partial charge in [-0.05, 0) is 51.1 Å². The standard InChI is InChI=1S/C23H29FN2O2/c1-16-14-18(24)15-19(28-4)20(16)22(27)25-21(17-10-6-5-7-11-17)23(26(2)3)12-8-9-13-23/h5-7,10-11,14-15,21H,8-9,12-13H2,1-4H3,(H,25,27). The second kappa shape index (κ2) is 8.31. The van der Waals surface area contributed by atoms with Gasteiger partial charge in [0.1, 0.15) is 11.6 Å². The van der Waals surface area contributed by atoms with Gasteiger partial charge in [0.2, 0.25) is 0 Å². The van der Waals surface area contributed by atoms with Crippen LogP contribution in [0.5, 0.6) is 5.75 Å². The van der Waals surface area contributed by atoms with E-state index in [1.807, 2.05) is 18.2 Å². The number of likely N-dealkylation sites (N-methyl/N-ethyl adjacent to an activating group) is 1. The molecule has 1 unspecified atom stereocenters. The fraction of sp³-hybridized carbons (Fsp3) is 0.435. The molecular weight excluding hydrogens is 355 g/mol. The smallest absolute Gasteiger partial charge is 0.255 e. The van der Waals surface area contributed by atoms with Gasteiger partial charge in [0, 0.05) is 11.6 Å². The van der Waals surface area contributed by atoms with Crippen molar-refractivity contribution < 1.29 is 13.9 Å². The molecule has 1 N–H and O–H groups in total. The zero-order valence-electron chi connectivity index (χ0n) is 17.1. The highest BCUT2D eigenvalue weighted by molar-refractivity contribution is 5.98. The summed E-state index contributed by atoms with van der Waals surface area (Å²) in [6.07, 6.45) is 4.30. The van der Waals surface area contributed by atoms with Crippen LogP contribution in [-0.2, 0) is 0 Å². The number of benzene rings is 2. The molecule has 2 aromatic carbocycles. The quantitative estimate of drug-likeness (QED) is 0.798. The molecule has 1 fully saturated rings. The van der Waals surface area contributed by atoms with Gasteiger partial charge in [-0.3, -0.25) is 4.79 Å². The number of aryl methyl sites for hydroxylation is 1. The maximum atomic E-state index is 13.8. The van der Waals surface area contributed by atoms with Crippen LogP contribution in [0.15, 0.2) is 42.5 Å². The van der Waals surface area contributed by atoms with Gasteiger partial charge in [0.25, 0.3) is 5.91 Å². The van der Waals surface area contributed by atoms with Crippen molar-refractivity contribution in [3.05, 3.63) is 65.0 Å². The van der Waals surface area contributed by atoms with Crippen molar-refractivity contribution in [2.75, 3.05) is 21.2 Å². The van der Waals surface area contributed by atoms with Gasteiger partial charge >= 0.3 is 0 Å². The second-order valence-corrected chi connectivity index (χ2v) is 7.82. The number of halogens is 1. The number of methoxy groups -OCH3 is 1. The highest BCUT2D eigenvalue weighted by Crippen LogP contribution is 2.43. The number of hydrogen-bond acceptors (Lipinski definition) is 3. The predicted octanol–water partition coefficient (Wildman–Crippen LogP) is 4.49. The van der Waals surface area contributed by atoms with Gasteiger partial charge in [-0.15, -0.1) is 0 Å². The van der Waals surface area contributed by atoms with Crippen molar-refractivity contribution in [2.45, 2.75) is 44.2 Å². The predicted molar refractivity (Wildman–Crippen MR) is 109 cm³/mol. The highest BCUT2D eigenvalue weighted by atomic mass is 19.1. The van der Waals surface area contributed by atoms with Crippen LogP contribution in [0.2, 0.25) is 0 Å². The third-order valence-corrected chi connectivity index (χ3v) is 6.02. The Morgan fingerprint density at radius 1 is 1.18 bits per heavy atom. The molecule has 0 aromatic heterocycles. The molecule has 0 heterocycles. The van der Waals surface area contributed by atoms with Crippen molar-refractivity contribution in [1.82, 2.24) is 10.2 Å². The van der Waals surface area contributed by atoms with E-state index in [9.17, 15) is 9.18 Å². The summed E-state index contributed by atoms with van der Waals surface area (Å²) >= 11 is 0. The Kier molecular flexibility index (Phi) is 6.04. The summed E-state index contributed by atoms with van der Waals surface area (Å²) < 4.78 is 19.1. The first kappa shape index (κ1) is 20.3. The summed E-state index contributed by atoms with van der Waals surface area (Å²) in [5.41, 5.74) is 1.87. The number of carbonyl (C=O) groups is 1. The third-order valence-electron chi connectivity index (χ3n) is 6.02. The summed E-state index contributed by atoms with van der Waals surface area (Å²) in [5.74, 6) is -0.394. The first-order chi connectivity index (χ1) is 13.4. The SMILES string of the molecule is COc1cc(F)cc(C)c1C(=O)NC(c1ccccc1)C1(N(C)C)CCCC1. The van der Waals surface area contributed by atoms with Crippen LogP contribution < -0.4 is 10.1 Å². The molecule has 1 saturated carbocycles. The van der Waals surface area contributed by atoms with Crippen molar-refractivity contribution in [2.24, 2.45) is 0 Å². The van der Waals surface area contributed by atoms with Gasteiger partial charge in [-0.25, -0.2) is 4.39 Å². The molecule has 0 saturated heterocycles. The number of ether oxygens (including phenoxy) is 1. The molecule has 0 spiro atoms. The molecule has 1 aliphatic carbocycles. The Labute approximate surface area is 166 Å². The zero-order chi connectivity index (χ0) is 20.3. The Morgan fingerprint density at radius 3 is 2.39 bits per heavy atom. The van der Waals surface area contributed by atoms with E-state index in [2.05, 4.69) is 36.4 Å². The monoisotopic (exact) mass is 384 g/mol. The van der Waals surface area contributed by atoms with E-state index < -0.39 is 5.82 Å². The Hall–Kier alpha value is -2.40. The van der Waals surface area contributed by atoms with E-state index in [1.54, 1.807) is 6.92 Å². The van der Waals surface area contributed by atoms with Gasteiger partial charge < -0.3 is 15.0 Å². The first-order valence-corrected chi connectivity index (χ1v) is 9.76. The lowest BCUT2D eigenvalue weighted by Gasteiger charge is -2.44. The maximum Gasteiger partial charge on any atom is 0.255 e. The summed E-state index contributed by atoms with van der Waals surface area (Å²) in [5, 5.41) is 3.27. The van der Waals surface area contributed by atoms with Crippen molar-refractivity contribution >= 4 is 5.91 Å². The van der Waals surface area contributed by atoms with E-state index in [0.29, 0.717) is 11.1 Å². The van der Waals surface area contributed by atoms with E-state index >= 15 is 0 Å². The molecular formula is C23H29FN2O2. The molecule has 1 amide bonds. The van der Waals surface area contributed by atoms with Crippen LogP contribution in [0.4, 0.5) is 4.39 Å². The molecule has 0 aliphatic heterocycles. The third kappa shape index (κ3) is 3.76. The maximum absolute atomic E-state index is 13.8. The van der Waals surface area contributed by atoms with Crippen molar-refractivity contribution in [3.63, 3.8) is 0 Å². The van der Waals surface area contributed by atoms with Gasteiger partial charge in [0.15, 0.2) is 0 Å². The average Bonchev–Trinajstić information content (AvgIpc) is 3.17. The number of nitrogens with zero attached hydrogens (tertiary/aromatic N) is 1. The molecule has 4 nitrogen and oxygen atoms in total. The van der Waals surface area contributed by atoms with Crippen molar-refractivity contribution in [3.8, 4) is 5.75 Å². The minimum absolute atomic E-state index is 0.155. The second-order valence-electron chi connectivity index (χ2n) is 7.82. The lowest BCUT2D eigenvalue weighted by Crippen LogP contribution is -2.53. The summed E-state index contributed by atoms with van der Waals surface area (Å²) in [7, 11) is 5.62. The van der Waals surface area contributed by atoms with Crippen LogP contribution in [0.3, 0.4) is 0 Å². The molecule has 1 aliphatic rings. The Morgan fingerprint density at radius 2 is 1.82 bits per heavy atom. The van der Waals surface area contributed by atoms with Crippen LogP contribution in [0.25, 0.3) is 0 Å². The molecule has 2 aromatic rings. The van der Waals surface area contributed by atoms with E-state index in [1.165, 1.54) is 19.2 Å². The number of carbonyl (C=O) groups excluding carboxylic acids is 1. The van der Waals surface area contributed by atoms with Gasteiger partial charge in [-0.2, -0.15) is 0 Å². The lowest BCUT2D eigenvalue weighted by molar-refractivity contribution is 0.0763. The first-order valence-electron chi connectivity index (χ1n) is 9.76. The molecule has 1 atom stereocenters. The Balaban J connectivity index is 2.03. The number of hydrogen-bond donors (Lipinski definition) is 1. The topological polar surface area (TPSA) is 41.6 Å². The number of rotatable bonds is 6. The molecule has 5 heteroatoms. The van der Waals surface area contributed by atoms with Crippen LogP contribution >= 0.6 is 0 Å². The number of amides is 1. The Bertz CT molecular complexity index is 830. The normalized spacial score (nSPS) is 16.8. The average molecular weight is 384 g/mol. The molecule has 0 bridgehead atoms. The summed E-state index contributed by atoms with van der Waals surface area (Å²) in [6, 6.07) is 12.5. The molecule has 0 radical (unpaired) electrons. The molecule has 3 rings (SSSR count). The largest absolute Gasteiger partial charge is 0.496 e. The lowest BCUT2D eigenvalue weighted by atomic mass is 9.82. The van der Waals surface area contributed by atoms with E-state index in [0.717, 1.165) is 31.2 Å². The van der Waals surface area contributed by atoms with Crippen molar-refractivity contribution in [1.29, 1.82) is 0 Å². The minimum atomic E-state index is -0.411. The molecule has 150 valence electrons. The van der Waals surface area contributed by atoms with Crippen LogP contribution in [-0.4, -0.2) is 37.6 Å². The number of nitrogens with one attached hydrogen (secondary N) is 1. The minimum Gasteiger partial charge on any atom is -0.496 e. The van der Waals surface area contributed by atoms with Gasteiger partial charge in [0.05, 0.1) is 18.7 Å². The van der Waals surface area contributed by atoms with E-state index in [-0.39, 0.29) is 23.2 Å². The fourth-order valence-electron chi connectivity index (χ4n) is 4.52. The van der Waals surface area contributed by atoms with Crippen LogP contribution in [0.1, 0.15) is 53.2 Å². The highest BCUT2D eigenvalue weighted by Gasteiger charge is 2.45. The van der Waals surface area contributed by atoms with Gasteiger partial charge in [-0.1, -0.05) is 43.2 Å². The molecule has 28 heavy (non-hydrogen) atoms. The summed E-state index contributed by atoms with van der Waals surface area (Å²) in [4.78, 5) is 15.6.